The van der Waals surface area contributed by atoms with Crippen LogP contribution in [0.5, 0.6) is 11.5 Å². The molecule has 10 heteroatoms. The second kappa shape index (κ2) is 7.87. The standard InChI is InChI=1S/C19H12Cl4O5S/c20-15-9-13(25)4-5-14(15)19(29(26,27)28,10-2-1-3-12(24)6-10)11-7-16(21)18(23)17(22)8-11/h1-9,24-25H,(H,26,27,28). The summed E-state index contributed by atoms with van der Waals surface area (Å²) < 4.78 is 34.0. The highest BCUT2D eigenvalue weighted by molar-refractivity contribution is 7.87. The van der Waals surface area contributed by atoms with E-state index in [0.29, 0.717) is 0 Å². The molecule has 0 heterocycles. The van der Waals surface area contributed by atoms with Gasteiger partial charge in [-0.15, -0.1) is 0 Å². The van der Waals surface area contributed by atoms with Crippen molar-refractivity contribution in [3.63, 3.8) is 0 Å². The molecule has 0 saturated carbocycles. The van der Waals surface area contributed by atoms with Gasteiger partial charge in [0.15, 0.2) is 4.75 Å². The second-order valence-electron chi connectivity index (χ2n) is 6.12. The molecular formula is C19H12Cl4O5S. The van der Waals surface area contributed by atoms with Gasteiger partial charge < -0.3 is 10.2 Å². The van der Waals surface area contributed by atoms with E-state index in [0.717, 1.165) is 12.1 Å². The molecule has 3 aromatic rings. The van der Waals surface area contributed by atoms with Gasteiger partial charge in [-0.1, -0.05) is 64.6 Å². The summed E-state index contributed by atoms with van der Waals surface area (Å²) in [5, 5.41) is 19.4. The van der Waals surface area contributed by atoms with Gasteiger partial charge in [0.2, 0.25) is 0 Å². The summed E-state index contributed by atoms with van der Waals surface area (Å²) >= 11 is 24.6. The van der Waals surface area contributed by atoms with Gasteiger partial charge in [0.25, 0.3) is 10.1 Å². The van der Waals surface area contributed by atoms with E-state index in [9.17, 15) is 23.2 Å². The summed E-state index contributed by atoms with van der Waals surface area (Å²) in [5.74, 6) is -0.470. The predicted molar refractivity (Wildman–Crippen MR) is 114 cm³/mol. The van der Waals surface area contributed by atoms with Crippen LogP contribution < -0.4 is 0 Å². The predicted octanol–water partition coefficient (Wildman–Crippen LogP) is 5.89. The fourth-order valence-electron chi connectivity index (χ4n) is 3.19. The Labute approximate surface area is 186 Å². The number of benzene rings is 3. The maximum Gasteiger partial charge on any atom is 0.283 e. The maximum absolute atomic E-state index is 12.9. The first-order valence-corrected chi connectivity index (χ1v) is 10.8. The number of hydrogen-bond donors (Lipinski definition) is 3. The zero-order valence-corrected chi connectivity index (χ0v) is 18.1. The number of rotatable bonds is 4. The molecule has 1 unspecified atom stereocenters. The highest BCUT2D eigenvalue weighted by Gasteiger charge is 2.50. The third-order valence-electron chi connectivity index (χ3n) is 4.36. The molecule has 0 aliphatic rings. The molecule has 152 valence electrons. The minimum Gasteiger partial charge on any atom is -0.508 e. The number of aromatic hydroxyl groups is 2. The van der Waals surface area contributed by atoms with Crippen molar-refractivity contribution in [1.82, 2.24) is 0 Å². The Bertz CT molecular complexity index is 1190. The Morgan fingerprint density at radius 3 is 1.83 bits per heavy atom. The van der Waals surface area contributed by atoms with Crippen molar-refractivity contribution < 1.29 is 23.2 Å². The lowest BCUT2D eigenvalue weighted by Gasteiger charge is -2.33. The second-order valence-corrected chi connectivity index (χ2v) is 9.29. The van der Waals surface area contributed by atoms with E-state index < -0.39 is 14.9 Å². The topological polar surface area (TPSA) is 94.8 Å². The van der Waals surface area contributed by atoms with E-state index in [4.69, 9.17) is 46.4 Å². The summed E-state index contributed by atoms with van der Waals surface area (Å²) in [6, 6.07) is 11.3. The van der Waals surface area contributed by atoms with Crippen LogP contribution in [0.3, 0.4) is 0 Å². The molecular weight excluding hydrogens is 482 g/mol. The minimum atomic E-state index is -5.02. The van der Waals surface area contributed by atoms with Crippen molar-refractivity contribution in [2.75, 3.05) is 0 Å². The van der Waals surface area contributed by atoms with Gasteiger partial charge in [-0.05, 0) is 47.5 Å². The molecule has 0 aliphatic heterocycles. The molecule has 0 aliphatic carbocycles. The average molecular weight is 494 g/mol. The maximum atomic E-state index is 12.9. The van der Waals surface area contributed by atoms with Crippen LogP contribution in [0.15, 0.2) is 54.6 Å². The van der Waals surface area contributed by atoms with Gasteiger partial charge in [-0.2, -0.15) is 8.42 Å². The molecule has 29 heavy (non-hydrogen) atoms. The Balaban J connectivity index is 2.58. The van der Waals surface area contributed by atoms with E-state index in [2.05, 4.69) is 0 Å². The van der Waals surface area contributed by atoms with Crippen LogP contribution in [-0.2, 0) is 14.9 Å². The van der Waals surface area contributed by atoms with E-state index in [1.165, 1.54) is 42.5 Å². The van der Waals surface area contributed by atoms with Crippen LogP contribution in [0, 0.1) is 0 Å². The van der Waals surface area contributed by atoms with Crippen molar-refractivity contribution in [1.29, 1.82) is 0 Å². The summed E-state index contributed by atoms with van der Waals surface area (Å²) in [5.41, 5.74) is -0.209. The summed E-state index contributed by atoms with van der Waals surface area (Å²) in [4.78, 5) is 0. The normalized spacial score (nSPS) is 13.8. The molecule has 0 fully saturated rings. The first-order chi connectivity index (χ1) is 13.5. The van der Waals surface area contributed by atoms with Crippen LogP contribution in [0.4, 0.5) is 0 Å². The highest BCUT2D eigenvalue weighted by Crippen LogP contribution is 2.49. The molecule has 0 saturated heterocycles. The van der Waals surface area contributed by atoms with Crippen molar-refractivity contribution >= 4 is 56.5 Å². The first kappa shape index (κ1) is 22.0. The minimum absolute atomic E-state index is 0.00552. The van der Waals surface area contributed by atoms with Crippen molar-refractivity contribution in [3.05, 3.63) is 91.4 Å². The Morgan fingerprint density at radius 1 is 0.724 bits per heavy atom. The van der Waals surface area contributed by atoms with Gasteiger partial charge in [0.1, 0.15) is 11.5 Å². The van der Waals surface area contributed by atoms with Gasteiger partial charge >= 0.3 is 0 Å². The van der Waals surface area contributed by atoms with Gasteiger partial charge in [-0.3, -0.25) is 4.55 Å². The van der Waals surface area contributed by atoms with Gasteiger partial charge in [-0.25, -0.2) is 0 Å². The first-order valence-electron chi connectivity index (χ1n) is 7.89. The van der Waals surface area contributed by atoms with E-state index in [1.54, 1.807) is 0 Å². The lowest BCUT2D eigenvalue weighted by atomic mass is 9.83. The average Bonchev–Trinajstić information content (AvgIpc) is 2.60. The molecule has 0 bridgehead atoms. The number of phenols is 2. The van der Waals surface area contributed by atoms with E-state index in [-0.39, 0.29) is 48.3 Å². The Morgan fingerprint density at radius 2 is 1.31 bits per heavy atom. The number of hydrogen-bond acceptors (Lipinski definition) is 4. The van der Waals surface area contributed by atoms with Crippen molar-refractivity contribution in [2.45, 2.75) is 4.75 Å². The smallest absolute Gasteiger partial charge is 0.283 e. The quantitative estimate of drug-likeness (QED) is 0.239. The van der Waals surface area contributed by atoms with E-state index >= 15 is 0 Å². The molecule has 0 amide bonds. The monoisotopic (exact) mass is 492 g/mol. The molecule has 1 atom stereocenters. The molecule has 0 radical (unpaired) electrons. The van der Waals surface area contributed by atoms with Crippen molar-refractivity contribution in [3.8, 4) is 11.5 Å². The van der Waals surface area contributed by atoms with Crippen molar-refractivity contribution in [2.24, 2.45) is 0 Å². The molecule has 0 spiro atoms. The third kappa shape index (κ3) is 3.77. The van der Waals surface area contributed by atoms with E-state index in [1.807, 2.05) is 0 Å². The zero-order valence-electron chi connectivity index (χ0n) is 14.3. The third-order valence-corrected chi connectivity index (χ3v) is 7.34. The largest absolute Gasteiger partial charge is 0.508 e. The van der Waals surface area contributed by atoms with Crippen LogP contribution >= 0.6 is 46.4 Å². The summed E-state index contributed by atoms with van der Waals surface area (Å²) in [6.45, 7) is 0. The fourth-order valence-corrected chi connectivity index (χ4v) is 5.45. The molecule has 3 rings (SSSR count). The highest BCUT2D eigenvalue weighted by atomic mass is 35.5. The molecule has 3 aromatic carbocycles. The molecule has 0 aromatic heterocycles. The molecule has 5 nitrogen and oxygen atoms in total. The van der Waals surface area contributed by atoms with Crippen LogP contribution in [0.1, 0.15) is 16.7 Å². The van der Waals surface area contributed by atoms with Crippen LogP contribution in [0.25, 0.3) is 0 Å². The lowest BCUT2D eigenvalue weighted by molar-refractivity contribution is 0.455. The zero-order chi connectivity index (χ0) is 21.6. The Kier molecular flexibility index (Phi) is 5.98. The van der Waals surface area contributed by atoms with Gasteiger partial charge in [0, 0.05) is 10.6 Å². The van der Waals surface area contributed by atoms with Crippen LogP contribution in [-0.4, -0.2) is 23.2 Å². The number of halogens is 4. The van der Waals surface area contributed by atoms with Crippen LogP contribution in [0.2, 0.25) is 20.1 Å². The van der Waals surface area contributed by atoms with Gasteiger partial charge in [0.05, 0.1) is 15.1 Å². The number of phenolic OH excluding ortho intramolecular Hbond substituents is 2. The fraction of sp³-hybridized carbons (Fsp3) is 0.0526. The lowest BCUT2D eigenvalue weighted by Crippen LogP contribution is -2.38. The summed E-state index contributed by atoms with van der Waals surface area (Å²) in [7, 11) is -5.02. The Hall–Kier alpha value is -1.67. The summed E-state index contributed by atoms with van der Waals surface area (Å²) in [6.07, 6.45) is 0. The molecule has 3 N–H and O–H groups in total. The SMILES string of the molecule is O=S(=O)(O)C(c1cccc(O)c1)(c1cc(Cl)c(Cl)c(Cl)c1)c1ccc(O)cc1Cl.